The zero-order valence-electron chi connectivity index (χ0n) is 15.2. The topological polar surface area (TPSA) is 85.4 Å². The van der Waals surface area contributed by atoms with E-state index < -0.39 is 0 Å². The van der Waals surface area contributed by atoms with Gasteiger partial charge in [-0.25, -0.2) is 4.79 Å². The van der Waals surface area contributed by atoms with Crippen molar-refractivity contribution in [1.29, 1.82) is 5.26 Å². The molecular weight excluding hydrogens is 338 g/mol. The summed E-state index contributed by atoms with van der Waals surface area (Å²) in [6.45, 7) is 2.47. The number of urea groups is 1. The molecule has 2 aromatic carbocycles. The van der Waals surface area contributed by atoms with Crippen LogP contribution in [-0.4, -0.2) is 36.6 Å². The fraction of sp³-hybridized carbons (Fsp3) is 0.333. The molecule has 0 radical (unpaired) electrons. The lowest BCUT2D eigenvalue weighted by Gasteiger charge is -2.39. The number of nitrogens with one attached hydrogen (secondary N) is 1. The molecule has 0 atom stereocenters. The Morgan fingerprint density at radius 1 is 1.07 bits per heavy atom. The SMILES string of the molecule is N#Cc1cccc2c1CCN(C1CCN(c3ccc(N)cc3)CC1)C(=O)N2. The Morgan fingerprint density at radius 2 is 1.81 bits per heavy atom. The van der Waals surface area contributed by atoms with Crippen LogP contribution in [0.1, 0.15) is 24.0 Å². The number of nitrogens with zero attached hydrogens (tertiary/aromatic N) is 3. The molecule has 0 spiro atoms. The molecule has 0 unspecified atom stereocenters. The molecule has 6 heteroatoms. The van der Waals surface area contributed by atoms with Crippen LogP contribution in [0.15, 0.2) is 42.5 Å². The van der Waals surface area contributed by atoms with Gasteiger partial charge >= 0.3 is 6.03 Å². The Kier molecular flexibility index (Phi) is 4.59. The molecule has 2 aliphatic heterocycles. The number of fused-ring (bicyclic) bond motifs is 1. The summed E-state index contributed by atoms with van der Waals surface area (Å²) in [7, 11) is 0. The Morgan fingerprint density at radius 3 is 2.52 bits per heavy atom. The fourth-order valence-corrected chi connectivity index (χ4v) is 4.07. The van der Waals surface area contributed by atoms with Crippen molar-refractivity contribution in [1.82, 2.24) is 4.90 Å². The van der Waals surface area contributed by atoms with Gasteiger partial charge in [0.05, 0.1) is 11.6 Å². The van der Waals surface area contributed by atoms with Gasteiger partial charge in [-0.2, -0.15) is 5.26 Å². The fourth-order valence-electron chi connectivity index (χ4n) is 4.07. The van der Waals surface area contributed by atoms with E-state index in [9.17, 15) is 10.1 Å². The molecular formula is C21H23N5O. The first kappa shape index (κ1) is 17.2. The molecule has 138 valence electrons. The lowest BCUT2D eigenvalue weighted by Crippen LogP contribution is -2.48. The first-order valence-corrected chi connectivity index (χ1v) is 9.36. The standard InChI is InChI=1S/C21H23N5O/c22-14-15-2-1-3-20-19(15)10-13-26(21(27)24-20)18-8-11-25(12-9-18)17-6-4-16(23)5-7-17/h1-7,18H,8-13,23H2,(H,24,27). The van der Waals surface area contributed by atoms with E-state index in [1.54, 1.807) is 0 Å². The second-order valence-corrected chi connectivity index (χ2v) is 7.13. The number of carbonyl (C=O) groups is 1. The van der Waals surface area contributed by atoms with E-state index in [4.69, 9.17) is 5.73 Å². The molecule has 1 fully saturated rings. The van der Waals surface area contributed by atoms with Gasteiger partial charge in [0.1, 0.15) is 0 Å². The normalized spacial score (nSPS) is 17.7. The number of nitrogen functional groups attached to an aromatic ring is 1. The highest BCUT2D eigenvalue weighted by Gasteiger charge is 2.30. The Balaban J connectivity index is 1.44. The van der Waals surface area contributed by atoms with Crippen molar-refractivity contribution in [3.05, 3.63) is 53.6 Å². The molecule has 0 aromatic heterocycles. The van der Waals surface area contributed by atoms with Gasteiger partial charge in [-0.05, 0) is 61.2 Å². The predicted molar refractivity (Wildman–Crippen MR) is 107 cm³/mol. The Hall–Kier alpha value is -3.20. The van der Waals surface area contributed by atoms with E-state index in [1.807, 2.05) is 47.4 Å². The lowest BCUT2D eigenvalue weighted by molar-refractivity contribution is 0.177. The van der Waals surface area contributed by atoms with Crippen LogP contribution >= 0.6 is 0 Å². The van der Waals surface area contributed by atoms with Crippen LogP contribution in [0, 0.1) is 11.3 Å². The largest absolute Gasteiger partial charge is 0.399 e. The Bertz CT molecular complexity index is 878. The van der Waals surface area contributed by atoms with Gasteiger partial charge in [-0.3, -0.25) is 0 Å². The van der Waals surface area contributed by atoms with Crippen LogP contribution in [0.25, 0.3) is 0 Å². The van der Waals surface area contributed by atoms with Crippen LogP contribution in [0.4, 0.5) is 21.9 Å². The summed E-state index contributed by atoms with van der Waals surface area (Å²) in [5.74, 6) is 0. The number of piperidine rings is 1. The van der Waals surface area contributed by atoms with E-state index in [0.29, 0.717) is 18.5 Å². The van der Waals surface area contributed by atoms with Crippen molar-refractivity contribution >= 4 is 23.1 Å². The van der Waals surface area contributed by atoms with Crippen LogP contribution in [0.3, 0.4) is 0 Å². The lowest BCUT2D eigenvalue weighted by atomic mass is 10.0. The zero-order valence-corrected chi connectivity index (χ0v) is 15.2. The van der Waals surface area contributed by atoms with Gasteiger partial charge in [0.2, 0.25) is 0 Å². The van der Waals surface area contributed by atoms with Crippen molar-refractivity contribution in [3.63, 3.8) is 0 Å². The molecule has 2 aromatic rings. The highest BCUT2D eigenvalue weighted by molar-refractivity contribution is 5.91. The number of benzene rings is 2. The first-order chi connectivity index (χ1) is 13.2. The highest BCUT2D eigenvalue weighted by Crippen LogP contribution is 2.28. The number of hydrogen-bond acceptors (Lipinski definition) is 4. The molecule has 0 aliphatic carbocycles. The Labute approximate surface area is 159 Å². The van der Waals surface area contributed by atoms with Gasteiger partial charge < -0.3 is 20.9 Å². The molecule has 2 aliphatic rings. The highest BCUT2D eigenvalue weighted by atomic mass is 16.2. The molecule has 0 bridgehead atoms. The third-order valence-corrected chi connectivity index (χ3v) is 5.57. The average Bonchev–Trinajstić information content (AvgIpc) is 2.87. The summed E-state index contributed by atoms with van der Waals surface area (Å²) in [6.07, 6.45) is 2.56. The number of anilines is 3. The van der Waals surface area contributed by atoms with Gasteiger partial charge in [0.25, 0.3) is 0 Å². The number of amides is 2. The maximum atomic E-state index is 12.8. The minimum atomic E-state index is -0.0604. The third-order valence-electron chi connectivity index (χ3n) is 5.57. The molecule has 6 nitrogen and oxygen atoms in total. The maximum absolute atomic E-state index is 12.8. The predicted octanol–water partition coefficient (Wildman–Crippen LogP) is 3.20. The number of carbonyl (C=O) groups excluding carboxylic acids is 1. The molecule has 4 rings (SSSR count). The molecule has 2 heterocycles. The quantitative estimate of drug-likeness (QED) is 0.805. The summed E-state index contributed by atoms with van der Waals surface area (Å²) in [5.41, 5.74) is 10.1. The minimum absolute atomic E-state index is 0.0604. The van der Waals surface area contributed by atoms with E-state index in [-0.39, 0.29) is 12.1 Å². The average molecular weight is 361 g/mol. The summed E-state index contributed by atoms with van der Waals surface area (Å²) in [6, 6.07) is 15.8. The number of nitrogens with two attached hydrogens (primary N) is 1. The molecule has 27 heavy (non-hydrogen) atoms. The summed E-state index contributed by atoms with van der Waals surface area (Å²) < 4.78 is 0. The summed E-state index contributed by atoms with van der Waals surface area (Å²) in [5, 5.41) is 12.3. The smallest absolute Gasteiger partial charge is 0.322 e. The van der Waals surface area contributed by atoms with E-state index >= 15 is 0 Å². The minimum Gasteiger partial charge on any atom is -0.399 e. The van der Waals surface area contributed by atoms with E-state index in [2.05, 4.69) is 16.3 Å². The van der Waals surface area contributed by atoms with Crippen molar-refractivity contribution in [2.45, 2.75) is 25.3 Å². The van der Waals surface area contributed by atoms with Gasteiger partial charge in [-0.1, -0.05) is 6.07 Å². The maximum Gasteiger partial charge on any atom is 0.322 e. The molecule has 2 amide bonds. The van der Waals surface area contributed by atoms with Gasteiger partial charge in [0, 0.05) is 42.7 Å². The van der Waals surface area contributed by atoms with Crippen LogP contribution in [-0.2, 0) is 6.42 Å². The second-order valence-electron chi connectivity index (χ2n) is 7.13. The number of rotatable bonds is 2. The first-order valence-electron chi connectivity index (χ1n) is 9.36. The molecule has 1 saturated heterocycles. The monoisotopic (exact) mass is 361 g/mol. The van der Waals surface area contributed by atoms with Gasteiger partial charge in [-0.15, -0.1) is 0 Å². The van der Waals surface area contributed by atoms with Crippen molar-refractivity contribution in [2.75, 3.05) is 35.6 Å². The molecule has 0 saturated carbocycles. The van der Waals surface area contributed by atoms with Crippen LogP contribution < -0.4 is 16.0 Å². The van der Waals surface area contributed by atoms with E-state index in [0.717, 1.165) is 42.9 Å². The molecule has 3 N–H and O–H groups in total. The van der Waals surface area contributed by atoms with Gasteiger partial charge in [0.15, 0.2) is 0 Å². The van der Waals surface area contributed by atoms with Crippen molar-refractivity contribution in [3.8, 4) is 6.07 Å². The van der Waals surface area contributed by atoms with Crippen molar-refractivity contribution < 1.29 is 4.79 Å². The zero-order chi connectivity index (χ0) is 18.8. The number of nitriles is 1. The van der Waals surface area contributed by atoms with Crippen LogP contribution in [0.5, 0.6) is 0 Å². The van der Waals surface area contributed by atoms with Crippen LogP contribution in [0.2, 0.25) is 0 Å². The summed E-state index contributed by atoms with van der Waals surface area (Å²) >= 11 is 0. The van der Waals surface area contributed by atoms with E-state index in [1.165, 1.54) is 5.69 Å². The summed E-state index contributed by atoms with van der Waals surface area (Å²) in [4.78, 5) is 17.1. The van der Waals surface area contributed by atoms with Crippen molar-refractivity contribution in [2.24, 2.45) is 0 Å². The second kappa shape index (κ2) is 7.20. The number of hydrogen-bond donors (Lipinski definition) is 2. The third kappa shape index (κ3) is 3.41.